The van der Waals surface area contributed by atoms with Gasteiger partial charge in [-0.15, -0.1) is 11.3 Å². The number of hydroxylamine groups is 1. The molecule has 0 spiro atoms. The van der Waals surface area contributed by atoms with Crippen LogP contribution in [0.15, 0.2) is 68.6 Å². The third-order valence-corrected chi connectivity index (χ3v) is 7.54. The Hall–Kier alpha value is -5.86. The van der Waals surface area contributed by atoms with Crippen molar-refractivity contribution in [3.63, 3.8) is 0 Å². The second-order valence-electron chi connectivity index (χ2n) is 9.41. The van der Waals surface area contributed by atoms with Crippen LogP contribution in [0.2, 0.25) is 0 Å². The zero-order valence-electron chi connectivity index (χ0n) is 26.1. The predicted octanol–water partition coefficient (Wildman–Crippen LogP) is 2.49. The summed E-state index contributed by atoms with van der Waals surface area (Å²) in [6, 6.07) is 8.98. The van der Waals surface area contributed by atoms with E-state index in [-0.39, 0.29) is 41.1 Å². The van der Waals surface area contributed by atoms with Gasteiger partial charge >= 0.3 is 0 Å². The number of hydrogen-bond donors (Lipinski definition) is 7. The molecule has 48 heavy (non-hydrogen) atoms. The van der Waals surface area contributed by atoms with E-state index in [2.05, 4.69) is 62.9 Å². The molecule has 3 aromatic rings. The topological polar surface area (TPSA) is 234 Å². The van der Waals surface area contributed by atoms with E-state index in [1.165, 1.54) is 28.1 Å². The number of aryl methyl sites for hydroxylation is 1. The largest absolute Gasteiger partial charge is 0.398 e. The molecular weight excluding hydrogens is 665 g/mol. The van der Waals surface area contributed by atoms with Crippen molar-refractivity contribution in [1.29, 1.82) is 0 Å². The van der Waals surface area contributed by atoms with E-state index in [0.717, 1.165) is 28.7 Å². The minimum Gasteiger partial charge on any atom is -0.398 e. The summed E-state index contributed by atoms with van der Waals surface area (Å²) in [5, 5.41) is 11.5. The van der Waals surface area contributed by atoms with E-state index < -0.39 is 11.8 Å². The fourth-order valence-electron chi connectivity index (χ4n) is 3.66. The lowest BCUT2D eigenvalue weighted by atomic mass is 10.2. The molecule has 7 N–H and O–H groups in total. The highest BCUT2D eigenvalue weighted by Crippen LogP contribution is 2.29. The molecule has 0 fully saturated rings. The van der Waals surface area contributed by atoms with Crippen LogP contribution in [0.25, 0.3) is 0 Å². The van der Waals surface area contributed by atoms with Gasteiger partial charge in [0, 0.05) is 29.8 Å². The Morgan fingerprint density at radius 1 is 0.854 bits per heavy atom. The summed E-state index contributed by atoms with van der Waals surface area (Å²) in [5.74, 6) is -2.22. The van der Waals surface area contributed by atoms with Crippen molar-refractivity contribution in [2.45, 2.75) is 20.8 Å². The maximum absolute atomic E-state index is 13.1. The summed E-state index contributed by atoms with van der Waals surface area (Å²) in [7, 11) is 2.62. The zero-order chi connectivity index (χ0) is 34.6. The Balaban J connectivity index is 1.54. The number of hydrazine groups is 2. The summed E-state index contributed by atoms with van der Waals surface area (Å²) >= 11 is 2.25. The number of thiophene rings is 1. The minimum atomic E-state index is -0.707. The molecule has 0 bridgehead atoms. The molecule has 0 atom stereocenters. The van der Waals surface area contributed by atoms with Gasteiger partial charge in [0.15, 0.2) is 5.71 Å². The second-order valence-corrected chi connectivity index (χ2v) is 11.4. The first kappa shape index (κ1) is 35.0. The Bertz CT molecular complexity index is 1820. The standard InChI is InChI=1S/C28H30N12O6S2/c1-14-6-8-17(9-7-14)31-26-32-27(37-35-24(43)22(39-45-4)19-10-11-21(48-19)30-16(3)42)34-28(33-26)38-36-25(44)23(40-46-5)20-12-18(13-47-20)29-15(2)41/h6-13,39H,1-5H3,(H,29,41)(H,35,43)(H,36,44)(H3,31,32,33,34,37,38). The zero-order valence-corrected chi connectivity index (χ0v) is 27.8. The maximum atomic E-state index is 13.1. The first-order valence-electron chi connectivity index (χ1n) is 13.7. The van der Waals surface area contributed by atoms with Crippen LogP contribution in [0, 0.1) is 6.92 Å². The highest BCUT2D eigenvalue weighted by molar-refractivity contribution is 8.18. The molecule has 1 aliphatic rings. The van der Waals surface area contributed by atoms with Gasteiger partial charge in [-0.05, 0) is 37.3 Å². The van der Waals surface area contributed by atoms with Gasteiger partial charge in [0.1, 0.15) is 17.9 Å². The average Bonchev–Trinajstić information content (AvgIpc) is 3.70. The van der Waals surface area contributed by atoms with Crippen LogP contribution in [-0.2, 0) is 28.9 Å². The van der Waals surface area contributed by atoms with Gasteiger partial charge in [-0.1, -0.05) is 34.6 Å². The average molecular weight is 695 g/mol. The number of aliphatic imine (C=N–C) groups is 1. The van der Waals surface area contributed by atoms with Gasteiger partial charge in [-0.3, -0.25) is 51.2 Å². The van der Waals surface area contributed by atoms with Crippen LogP contribution in [0.3, 0.4) is 0 Å². The van der Waals surface area contributed by atoms with Crippen molar-refractivity contribution >= 4 is 86.7 Å². The number of thioether (sulfide) groups is 1. The van der Waals surface area contributed by atoms with Gasteiger partial charge in [0.05, 0.1) is 17.7 Å². The van der Waals surface area contributed by atoms with Gasteiger partial charge in [-0.25, -0.2) is 4.99 Å². The van der Waals surface area contributed by atoms with E-state index in [1.54, 1.807) is 23.6 Å². The molecule has 0 unspecified atom stereocenters. The first-order valence-corrected chi connectivity index (χ1v) is 15.4. The normalized spacial score (nSPS) is 14.2. The molecule has 1 aliphatic heterocycles. The van der Waals surface area contributed by atoms with Crippen molar-refractivity contribution in [2.75, 3.05) is 35.7 Å². The van der Waals surface area contributed by atoms with Gasteiger partial charge in [-0.2, -0.15) is 15.0 Å². The lowest BCUT2D eigenvalue weighted by Crippen LogP contribution is -2.38. The van der Waals surface area contributed by atoms with E-state index >= 15 is 0 Å². The molecule has 4 amide bonds. The number of amides is 4. The van der Waals surface area contributed by atoms with Crippen molar-refractivity contribution in [3.8, 4) is 0 Å². The van der Waals surface area contributed by atoms with E-state index in [0.29, 0.717) is 26.2 Å². The molecule has 0 saturated heterocycles. The smallest absolute Gasteiger partial charge is 0.293 e. The Kier molecular flexibility index (Phi) is 12.1. The number of rotatable bonds is 13. The Labute approximate surface area is 281 Å². The van der Waals surface area contributed by atoms with Gasteiger partial charge in [0.25, 0.3) is 11.8 Å². The van der Waals surface area contributed by atoms with E-state index in [1.807, 2.05) is 31.2 Å². The predicted molar refractivity (Wildman–Crippen MR) is 182 cm³/mol. The molecule has 3 heterocycles. The monoisotopic (exact) mass is 694 g/mol. The number of aromatic nitrogens is 3. The fourth-order valence-corrected chi connectivity index (χ4v) is 5.39. The van der Waals surface area contributed by atoms with Crippen molar-refractivity contribution in [1.82, 2.24) is 31.3 Å². The third kappa shape index (κ3) is 10.1. The lowest BCUT2D eigenvalue weighted by molar-refractivity contribution is -0.119. The number of benzene rings is 1. The molecule has 0 aliphatic carbocycles. The molecule has 18 nitrogen and oxygen atoms in total. The van der Waals surface area contributed by atoms with Crippen LogP contribution in [0.4, 0.5) is 29.2 Å². The highest BCUT2D eigenvalue weighted by atomic mass is 32.2. The first-order chi connectivity index (χ1) is 23.0. The summed E-state index contributed by atoms with van der Waals surface area (Å²) in [6.07, 6.45) is 3.19. The van der Waals surface area contributed by atoms with Crippen molar-refractivity contribution in [2.24, 2.45) is 10.1 Å². The van der Waals surface area contributed by atoms with Gasteiger partial charge < -0.3 is 15.5 Å². The number of carbonyl (C=O) groups is 4. The summed E-state index contributed by atoms with van der Waals surface area (Å²) in [5.41, 5.74) is 14.8. The number of nitrogens with zero attached hydrogens (tertiary/aromatic N) is 5. The molecule has 1 aromatic carbocycles. The van der Waals surface area contributed by atoms with Crippen molar-refractivity contribution < 1.29 is 28.9 Å². The molecule has 250 valence electrons. The number of hydrogen-bond acceptors (Lipinski definition) is 16. The van der Waals surface area contributed by atoms with Crippen LogP contribution in [0.1, 0.15) is 24.3 Å². The molecule has 4 rings (SSSR count). The number of oxime groups is 1. The molecule has 0 radical (unpaired) electrons. The minimum absolute atomic E-state index is 0.0119. The highest BCUT2D eigenvalue weighted by Gasteiger charge is 2.21. The van der Waals surface area contributed by atoms with Gasteiger partial charge in [0.2, 0.25) is 29.7 Å². The molecule has 0 saturated carbocycles. The lowest BCUT2D eigenvalue weighted by Gasteiger charge is -2.14. The summed E-state index contributed by atoms with van der Waals surface area (Å²) in [4.78, 5) is 76.4. The maximum Gasteiger partial charge on any atom is 0.293 e. The van der Waals surface area contributed by atoms with Crippen LogP contribution in [0.5, 0.6) is 0 Å². The summed E-state index contributed by atoms with van der Waals surface area (Å²) in [6.45, 7) is 4.63. The van der Waals surface area contributed by atoms with Crippen molar-refractivity contribution in [3.05, 3.63) is 68.9 Å². The second kappa shape index (κ2) is 16.6. The molecular formula is C28H30N12O6S2. The van der Waals surface area contributed by atoms with Crippen LogP contribution < -0.4 is 37.8 Å². The SMILES string of the molecule is CON=C(C(=O)NNc1nc(NNC(=O)C(NOC)=C2C=CC(=NC(C)=O)S2)nc(Nc2ccc(C)cc2)n1)c1cc(NC(C)=O)cs1. The number of anilines is 5. The molecule has 2 aromatic heterocycles. The van der Waals surface area contributed by atoms with E-state index in [9.17, 15) is 19.2 Å². The fraction of sp³-hybridized carbons (Fsp3) is 0.179. The number of carbonyl (C=O) groups excluding carboxylic acids is 4. The number of allylic oxidation sites excluding steroid dienone is 1. The quantitative estimate of drug-likeness (QED) is 0.0774. The van der Waals surface area contributed by atoms with Crippen LogP contribution in [-0.4, -0.2) is 63.6 Å². The Morgan fingerprint density at radius 2 is 1.52 bits per heavy atom. The molecule has 20 heteroatoms. The van der Waals surface area contributed by atoms with E-state index in [4.69, 9.17) is 9.68 Å². The van der Waals surface area contributed by atoms with Crippen LogP contribution >= 0.6 is 23.1 Å². The summed E-state index contributed by atoms with van der Waals surface area (Å²) < 4.78 is 0. The third-order valence-electron chi connectivity index (χ3n) is 5.61. The number of nitrogens with one attached hydrogen (secondary N) is 7. The Morgan fingerprint density at radius 3 is 2.15 bits per heavy atom.